The van der Waals surface area contributed by atoms with E-state index in [1.807, 2.05) is 30.3 Å². The van der Waals surface area contributed by atoms with Crippen LogP contribution in [0.15, 0.2) is 54.6 Å². The van der Waals surface area contributed by atoms with Crippen molar-refractivity contribution in [3.8, 4) is 11.5 Å². The molecule has 0 fully saturated rings. The zero-order chi connectivity index (χ0) is 18.8. The molecule has 2 aromatic carbocycles. The Bertz CT molecular complexity index is 770. The van der Waals surface area contributed by atoms with Crippen LogP contribution >= 0.6 is 0 Å². The first-order valence-corrected chi connectivity index (χ1v) is 8.24. The predicted octanol–water partition coefficient (Wildman–Crippen LogP) is 2.50. The summed E-state index contributed by atoms with van der Waals surface area (Å²) in [5.74, 6) is 0.336. The first kappa shape index (κ1) is 19.1. The van der Waals surface area contributed by atoms with E-state index in [1.54, 1.807) is 31.4 Å². The van der Waals surface area contributed by atoms with Crippen molar-refractivity contribution in [2.24, 2.45) is 0 Å². The number of ether oxygens (including phenoxy) is 2. The molecule has 0 aliphatic carbocycles. The van der Waals surface area contributed by atoms with Gasteiger partial charge >= 0.3 is 0 Å². The van der Waals surface area contributed by atoms with Gasteiger partial charge in [0.15, 0.2) is 6.61 Å². The SMILES string of the molecule is CCc1ccc(OCC(=O)NNC(=O)C=Cc2ccccc2OC)cc1. The lowest BCUT2D eigenvalue weighted by Crippen LogP contribution is -2.43. The van der Waals surface area contributed by atoms with E-state index in [-0.39, 0.29) is 6.61 Å². The summed E-state index contributed by atoms with van der Waals surface area (Å²) in [5.41, 5.74) is 6.54. The molecule has 0 radical (unpaired) electrons. The predicted molar refractivity (Wildman–Crippen MR) is 99.6 cm³/mol. The topological polar surface area (TPSA) is 76.7 Å². The van der Waals surface area contributed by atoms with Gasteiger partial charge in [-0.3, -0.25) is 20.4 Å². The maximum atomic E-state index is 11.8. The van der Waals surface area contributed by atoms with Crippen molar-refractivity contribution in [3.63, 3.8) is 0 Å². The van der Waals surface area contributed by atoms with Gasteiger partial charge in [-0.1, -0.05) is 37.3 Å². The summed E-state index contributed by atoms with van der Waals surface area (Å²) in [7, 11) is 1.56. The highest BCUT2D eigenvalue weighted by molar-refractivity contribution is 5.93. The molecule has 0 aliphatic heterocycles. The minimum atomic E-state index is -0.462. The van der Waals surface area contributed by atoms with Gasteiger partial charge in [0.25, 0.3) is 11.8 Å². The molecule has 0 bridgehead atoms. The normalized spacial score (nSPS) is 10.4. The molecule has 0 unspecified atom stereocenters. The van der Waals surface area contributed by atoms with Crippen molar-refractivity contribution in [1.29, 1.82) is 0 Å². The fourth-order valence-electron chi connectivity index (χ4n) is 2.15. The Kier molecular flexibility index (Phi) is 7.24. The second kappa shape index (κ2) is 9.88. The number of nitrogens with one attached hydrogen (secondary N) is 2. The van der Waals surface area contributed by atoms with Crippen molar-refractivity contribution in [2.45, 2.75) is 13.3 Å². The number of para-hydroxylation sites is 1. The highest BCUT2D eigenvalue weighted by atomic mass is 16.5. The van der Waals surface area contributed by atoms with Crippen LogP contribution in [0.4, 0.5) is 0 Å². The first-order valence-electron chi connectivity index (χ1n) is 8.24. The van der Waals surface area contributed by atoms with E-state index in [0.29, 0.717) is 11.5 Å². The molecule has 136 valence electrons. The fraction of sp³-hybridized carbons (Fsp3) is 0.200. The standard InChI is InChI=1S/C20H22N2O4/c1-3-15-8-11-17(12-9-15)26-14-20(24)22-21-19(23)13-10-16-6-4-5-7-18(16)25-2/h4-13H,3,14H2,1-2H3,(H,21,23)(H,22,24). The largest absolute Gasteiger partial charge is 0.496 e. The zero-order valence-corrected chi connectivity index (χ0v) is 14.8. The summed E-state index contributed by atoms with van der Waals surface area (Å²) < 4.78 is 10.6. The lowest BCUT2D eigenvalue weighted by molar-refractivity contribution is -0.128. The summed E-state index contributed by atoms with van der Waals surface area (Å²) in [6, 6.07) is 14.8. The lowest BCUT2D eigenvalue weighted by atomic mass is 10.2. The number of rotatable bonds is 7. The number of aryl methyl sites for hydroxylation is 1. The number of carbonyl (C=O) groups excluding carboxylic acids is 2. The van der Waals surface area contributed by atoms with E-state index < -0.39 is 11.8 Å². The van der Waals surface area contributed by atoms with E-state index in [4.69, 9.17) is 9.47 Å². The number of hydrogen-bond acceptors (Lipinski definition) is 4. The van der Waals surface area contributed by atoms with Gasteiger partial charge in [-0.2, -0.15) is 0 Å². The summed E-state index contributed by atoms with van der Waals surface area (Å²) in [6.45, 7) is 1.87. The van der Waals surface area contributed by atoms with E-state index in [9.17, 15) is 9.59 Å². The van der Waals surface area contributed by atoms with Crippen LogP contribution in [0.25, 0.3) is 6.08 Å². The Morgan fingerprint density at radius 1 is 1.04 bits per heavy atom. The Morgan fingerprint density at radius 3 is 2.46 bits per heavy atom. The van der Waals surface area contributed by atoms with Gasteiger partial charge in [0.05, 0.1) is 7.11 Å². The highest BCUT2D eigenvalue weighted by Gasteiger charge is 2.04. The number of amides is 2. The third-order valence-corrected chi connectivity index (χ3v) is 3.58. The van der Waals surface area contributed by atoms with Crippen molar-refractivity contribution >= 4 is 17.9 Å². The van der Waals surface area contributed by atoms with Crippen molar-refractivity contribution in [1.82, 2.24) is 10.9 Å². The molecule has 0 spiro atoms. The van der Waals surface area contributed by atoms with Crippen LogP contribution in [0.1, 0.15) is 18.1 Å². The number of hydrogen-bond donors (Lipinski definition) is 2. The smallest absolute Gasteiger partial charge is 0.276 e. The average molecular weight is 354 g/mol. The van der Waals surface area contributed by atoms with Gasteiger partial charge in [-0.05, 0) is 36.3 Å². The molecule has 0 aromatic heterocycles. The zero-order valence-electron chi connectivity index (χ0n) is 14.8. The van der Waals surface area contributed by atoms with E-state index in [2.05, 4.69) is 17.8 Å². The molecular formula is C20H22N2O4. The molecule has 6 heteroatoms. The van der Waals surface area contributed by atoms with Crippen molar-refractivity contribution < 1.29 is 19.1 Å². The Morgan fingerprint density at radius 2 is 1.77 bits per heavy atom. The third-order valence-electron chi connectivity index (χ3n) is 3.58. The molecule has 26 heavy (non-hydrogen) atoms. The van der Waals surface area contributed by atoms with Crippen LogP contribution in [0.2, 0.25) is 0 Å². The molecule has 2 N–H and O–H groups in total. The minimum Gasteiger partial charge on any atom is -0.496 e. The van der Waals surface area contributed by atoms with Gasteiger partial charge in [-0.25, -0.2) is 0 Å². The lowest BCUT2D eigenvalue weighted by Gasteiger charge is -2.08. The monoisotopic (exact) mass is 354 g/mol. The molecule has 2 rings (SSSR count). The van der Waals surface area contributed by atoms with Crippen LogP contribution < -0.4 is 20.3 Å². The number of benzene rings is 2. The summed E-state index contributed by atoms with van der Waals surface area (Å²) in [5, 5.41) is 0. The molecule has 0 saturated heterocycles. The number of methoxy groups -OCH3 is 1. The maximum absolute atomic E-state index is 11.8. The second-order valence-electron chi connectivity index (χ2n) is 5.40. The Balaban J connectivity index is 1.75. The molecule has 0 atom stereocenters. The molecule has 0 saturated carbocycles. The fourth-order valence-corrected chi connectivity index (χ4v) is 2.15. The van der Waals surface area contributed by atoms with Crippen LogP contribution in [0.5, 0.6) is 11.5 Å². The van der Waals surface area contributed by atoms with Crippen LogP contribution in [0, 0.1) is 0 Å². The average Bonchev–Trinajstić information content (AvgIpc) is 2.69. The summed E-state index contributed by atoms with van der Waals surface area (Å²) in [6.07, 6.45) is 3.85. The quantitative estimate of drug-likeness (QED) is 0.592. The summed E-state index contributed by atoms with van der Waals surface area (Å²) in [4.78, 5) is 23.5. The van der Waals surface area contributed by atoms with Gasteiger partial charge in [0.2, 0.25) is 0 Å². The molecule has 6 nitrogen and oxygen atoms in total. The molecule has 2 aromatic rings. The summed E-state index contributed by atoms with van der Waals surface area (Å²) >= 11 is 0. The molecule has 0 heterocycles. The maximum Gasteiger partial charge on any atom is 0.276 e. The van der Waals surface area contributed by atoms with E-state index >= 15 is 0 Å². The van der Waals surface area contributed by atoms with Crippen LogP contribution in [0.3, 0.4) is 0 Å². The molecular weight excluding hydrogens is 332 g/mol. The van der Waals surface area contributed by atoms with Crippen LogP contribution in [-0.4, -0.2) is 25.5 Å². The van der Waals surface area contributed by atoms with Crippen molar-refractivity contribution in [2.75, 3.05) is 13.7 Å². The highest BCUT2D eigenvalue weighted by Crippen LogP contribution is 2.18. The van der Waals surface area contributed by atoms with Gasteiger partial charge in [-0.15, -0.1) is 0 Å². The van der Waals surface area contributed by atoms with Gasteiger partial charge in [0, 0.05) is 11.6 Å². The molecule has 0 aliphatic rings. The minimum absolute atomic E-state index is 0.192. The van der Waals surface area contributed by atoms with Crippen molar-refractivity contribution in [3.05, 3.63) is 65.7 Å². The second-order valence-corrected chi connectivity index (χ2v) is 5.40. The van der Waals surface area contributed by atoms with Gasteiger partial charge in [0.1, 0.15) is 11.5 Å². The Hall–Kier alpha value is -3.28. The van der Waals surface area contributed by atoms with E-state index in [1.165, 1.54) is 11.6 Å². The van der Waals surface area contributed by atoms with Gasteiger partial charge < -0.3 is 9.47 Å². The van der Waals surface area contributed by atoms with E-state index in [0.717, 1.165) is 12.0 Å². The van der Waals surface area contributed by atoms with Crippen LogP contribution in [-0.2, 0) is 16.0 Å². The molecule has 2 amide bonds. The third kappa shape index (κ3) is 5.98. The first-order chi connectivity index (χ1) is 12.6. The number of carbonyl (C=O) groups is 2. The number of hydrazine groups is 1. The Labute approximate surface area is 152 Å².